The van der Waals surface area contributed by atoms with Crippen LogP contribution in [0.3, 0.4) is 0 Å². The Bertz CT molecular complexity index is 313. The van der Waals surface area contributed by atoms with Crippen LogP contribution in [0.15, 0.2) is 30.3 Å². The average molecular weight is 283 g/mol. The Hall–Kier alpha value is -0.470. The molecule has 1 aromatic rings. The molecular formula is C15H26NO2P. The molecule has 0 fully saturated rings. The first-order chi connectivity index (χ1) is 9.26. The molecule has 0 aromatic heterocycles. The molecule has 3 nitrogen and oxygen atoms in total. The van der Waals surface area contributed by atoms with Crippen LogP contribution in [0.5, 0.6) is 0 Å². The molecule has 1 atom stereocenters. The molecule has 0 spiro atoms. The van der Waals surface area contributed by atoms with Crippen molar-refractivity contribution in [3.8, 4) is 0 Å². The van der Waals surface area contributed by atoms with E-state index in [9.17, 15) is 0 Å². The second-order valence-corrected chi connectivity index (χ2v) is 5.93. The monoisotopic (exact) mass is 283 g/mol. The fraction of sp³-hybridized carbons (Fsp3) is 0.600. The van der Waals surface area contributed by atoms with Gasteiger partial charge in [0.2, 0.25) is 0 Å². The second-order valence-electron chi connectivity index (χ2n) is 4.64. The van der Waals surface area contributed by atoms with Crippen molar-refractivity contribution in [2.75, 3.05) is 13.2 Å². The van der Waals surface area contributed by atoms with Gasteiger partial charge in [-0.1, -0.05) is 44.2 Å². The van der Waals surface area contributed by atoms with Crippen LogP contribution in [0.2, 0.25) is 0 Å². The molecule has 0 aliphatic heterocycles. The van der Waals surface area contributed by atoms with Crippen LogP contribution in [0.1, 0.15) is 39.2 Å². The van der Waals surface area contributed by atoms with Crippen molar-refractivity contribution in [2.24, 2.45) is 0 Å². The van der Waals surface area contributed by atoms with Crippen LogP contribution >= 0.6 is 8.53 Å². The largest absolute Gasteiger partial charge is 0.322 e. The summed E-state index contributed by atoms with van der Waals surface area (Å²) in [6.07, 6.45) is 3.02. The number of rotatable bonds is 10. The summed E-state index contributed by atoms with van der Waals surface area (Å²) < 4.78 is 11.5. The van der Waals surface area contributed by atoms with E-state index in [2.05, 4.69) is 50.1 Å². The fourth-order valence-corrected chi connectivity index (χ4v) is 3.03. The summed E-state index contributed by atoms with van der Waals surface area (Å²) in [5, 5.41) is 3.46. The Balaban J connectivity index is 2.38. The van der Waals surface area contributed by atoms with Gasteiger partial charge in [-0.2, -0.15) is 0 Å². The van der Waals surface area contributed by atoms with E-state index in [-0.39, 0.29) is 0 Å². The predicted octanol–water partition coefficient (Wildman–Crippen LogP) is 4.29. The van der Waals surface area contributed by atoms with Gasteiger partial charge in [0, 0.05) is 6.04 Å². The van der Waals surface area contributed by atoms with Gasteiger partial charge in [-0.3, -0.25) is 0 Å². The van der Waals surface area contributed by atoms with Crippen LogP contribution in [0.25, 0.3) is 0 Å². The molecule has 0 bridgehead atoms. The van der Waals surface area contributed by atoms with Gasteiger partial charge in [-0.25, -0.2) is 5.09 Å². The zero-order valence-electron chi connectivity index (χ0n) is 12.3. The summed E-state index contributed by atoms with van der Waals surface area (Å²) in [4.78, 5) is 0. The molecule has 19 heavy (non-hydrogen) atoms. The minimum Gasteiger partial charge on any atom is -0.322 e. The van der Waals surface area contributed by atoms with Gasteiger partial charge < -0.3 is 9.05 Å². The maximum atomic E-state index is 5.73. The van der Waals surface area contributed by atoms with Crippen LogP contribution in [-0.2, 0) is 15.5 Å². The first-order valence-electron chi connectivity index (χ1n) is 7.12. The summed E-state index contributed by atoms with van der Waals surface area (Å²) in [7, 11) is -0.958. The van der Waals surface area contributed by atoms with Crippen LogP contribution < -0.4 is 5.09 Å². The lowest BCUT2D eigenvalue weighted by Crippen LogP contribution is -2.25. The zero-order chi connectivity index (χ0) is 13.9. The third-order valence-electron chi connectivity index (χ3n) is 2.54. The highest BCUT2D eigenvalue weighted by Gasteiger charge is 2.14. The molecule has 108 valence electrons. The van der Waals surface area contributed by atoms with E-state index in [4.69, 9.17) is 9.05 Å². The van der Waals surface area contributed by atoms with E-state index in [1.54, 1.807) is 0 Å². The lowest BCUT2D eigenvalue weighted by molar-refractivity contribution is 0.239. The SMILES string of the molecule is CCCOP(NC(C)Cc1ccccc1)OCCC. The Morgan fingerprint density at radius 1 is 1.05 bits per heavy atom. The molecule has 0 aliphatic carbocycles. The molecule has 1 aromatic carbocycles. The second kappa shape index (κ2) is 10.3. The van der Waals surface area contributed by atoms with Crippen LogP contribution in [-0.4, -0.2) is 19.3 Å². The highest BCUT2D eigenvalue weighted by Crippen LogP contribution is 2.34. The van der Waals surface area contributed by atoms with Crippen molar-refractivity contribution in [1.29, 1.82) is 0 Å². The Morgan fingerprint density at radius 2 is 1.63 bits per heavy atom. The number of hydrogen-bond acceptors (Lipinski definition) is 3. The van der Waals surface area contributed by atoms with Crippen molar-refractivity contribution in [1.82, 2.24) is 5.09 Å². The number of benzene rings is 1. The van der Waals surface area contributed by atoms with E-state index in [1.165, 1.54) is 5.56 Å². The fourth-order valence-electron chi connectivity index (χ4n) is 1.65. The molecular weight excluding hydrogens is 257 g/mol. The average Bonchev–Trinajstić information content (AvgIpc) is 2.43. The topological polar surface area (TPSA) is 30.5 Å². The Kier molecular flexibility index (Phi) is 9.02. The minimum absolute atomic E-state index is 0.349. The third kappa shape index (κ3) is 7.64. The smallest absolute Gasteiger partial charge is 0.256 e. The molecule has 0 saturated carbocycles. The summed E-state index contributed by atoms with van der Waals surface area (Å²) in [5.41, 5.74) is 1.34. The minimum atomic E-state index is -0.958. The summed E-state index contributed by atoms with van der Waals surface area (Å²) >= 11 is 0. The third-order valence-corrected chi connectivity index (χ3v) is 4.02. The maximum absolute atomic E-state index is 5.73. The summed E-state index contributed by atoms with van der Waals surface area (Å²) in [6.45, 7) is 7.90. The Labute approximate surface area is 118 Å². The molecule has 1 N–H and O–H groups in total. The standard InChI is InChI=1S/C15H26NO2P/c1-4-11-17-19(18-12-5-2)16-14(3)13-15-9-7-6-8-10-15/h6-10,14,16H,4-5,11-13H2,1-3H3. The van der Waals surface area contributed by atoms with Gasteiger partial charge in [0.15, 0.2) is 0 Å². The first-order valence-corrected chi connectivity index (χ1v) is 8.30. The van der Waals surface area contributed by atoms with Gasteiger partial charge >= 0.3 is 0 Å². The first kappa shape index (κ1) is 16.6. The molecule has 0 amide bonds. The van der Waals surface area contributed by atoms with E-state index >= 15 is 0 Å². The molecule has 0 radical (unpaired) electrons. The predicted molar refractivity (Wildman–Crippen MR) is 82.1 cm³/mol. The molecule has 4 heteroatoms. The number of hydrogen-bond donors (Lipinski definition) is 1. The van der Waals surface area contributed by atoms with Crippen molar-refractivity contribution < 1.29 is 9.05 Å². The molecule has 1 rings (SSSR count). The summed E-state index contributed by atoms with van der Waals surface area (Å²) in [6, 6.07) is 10.9. The molecule has 1 unspecified atom stereocenters. The normalized spacial score (nSPS) is 12.8. The number of nitrogens with one attached hydrogen (secondary N) is 1. The van der Waals surface area contributed by atoms with Crippen LogP contribution in [0.4, 0.5) is 0 Å². The van der Waals surface area contributed by atoms with E-state index in [0.29, 0.717) is 6.04 Å². The zero-order valence-corrected chi connectivity index (χ0v) is 13.2. The lowest BCUT2D eigenvalue weighted by atomic mass is 10.1. The van der Waals surface area contributed by atoms with Gasteiger partial charge in [-0.05, 0) is 31.7 Å². The van der Waals surface area contributed by atoms with Gasteiger partial charge in [-0.15, -0.1) is 0 Å². The highest BCUT2D eigenvalue weighted by atomic mass is 31.2. The lowest BCUT2D eigenvalue weighted by Gasteiger charge is -2.22. The molecule has 0 saturated heterocycles. The van der Waals surface area contributed by atoms with Crippen molar-refractivity contribution in [3.05, 3.63) is 35.9 Å². The highest BCUT2D eigenvalue weighted by molar-refractivity contribution is 7.45. The van der Waals surface area contributed by atoms with E-state index < -0.39 is 8.53 Å². The van der Waals surface area contributed by atoms with Gasteiger partial charge in [0.25, 0.3) is 8.53 Å². The molecule has 0 heterocycles. The van der Waals surface area contributed by atoms with Crippen molar-refractivity contribution in [2.45, 2.75) is 46.1 Å². The quantitative estimate of drug-likeness (QED) is 0.650. The van der Waals surface area contributed by atoms with Gasteiger partial charge in [0.05, 0.1) is 13.2 Å². The summed E-state index contributed by atoms with van der Waals surface area (Å²) in [5.74, 6) is 0. The molecule has 0 aliphatic rings. The maximum Gasteiger partial charge on any atom is 0.256 e. The Morgan fingerprint density at radius 3 is 2.16 bits per heavy atom. The van der Waals surface area contributed by atoms with E-state index in [0.717, 1.165) is 32.5 Å². The van der Waals surface area contributed by atoms with Crippen molar-refractivity contribution in [3.63, 3.8) is 0 Å². The van der Waals surface area contributed by atoms with Crippen LogP contribution in [0, 0.1) is 0 Å². The van der Waals surface area contributed by atoms with Crippen molar-refractivity contribution >= 4 is 8.53 Å². The van der Waals surface area contributed by atoms with Gasteiger partial charge in [0.1, 0.15) is 0 Å². The van der Waals surface area contributed by atoms with E-state index in [1.807, 2.05) is 6.07 Å².